The molecule has 2 nitrogen and oxygen atoms in total. The van der Waals surface area contributed by atoms with Crippen LogP contribution in [0.3, 0.4) is 0 Å². The number of rotatable bonds is 5. The van der Waals surface area contributed by atoms with Gasteiger partial charge in [0, 0.05) is 34.6 Å². The third-order valence-electron chi connectivity index (χ3n) is 8.78. The fourth-order valence-electron chi connectivity index (χ4n) is 6.66. The van der Waals surface area contributed by atoms with Gasteiger partial charge < -0.3 is 8.80 Å². The molecule has 44 heavy (non-hydrogen) atoms. The smallest absolute Gasteiger partial charge is 0.0783 e. The van der Waals surface area contributed by atoms with E-state index in [9.17, 15) is 0 Å². The summed E-state index contributed by atoms with van der Waals surface area (Å²) in [5.41, 5.74) is 17.1. The summed E-state index contributed by atoms with van der Waals surface area (Å²) in [7, 11) is 0. The summed E-state index contributed by atoms with van der Waals surface area (Å²) in [4.78, 5) is 0. The molecule has 4 aromatic heterocycles. The van der Waals surface area contributed by atoms with Crippen molar-refractivity contribution in [3.8, 4) is 55.9 Å². The number of hydrogen-bond donors (Lipinski definition) is 0. The third kappa shape index (κ3) is 4.35. The van der Waals surface area contributed by atoms with Gasteiger partial charge in [-0.05, 0) is 82.6 Å². The Morgan fingerprint density at radius 2 is 0.614 bits per heavy atom. The molecule has 0 aliphatic carbocycles. The standard InChI is InChI=1S/C42H32N2/c1-29-27-43-35(23-37(29)31-15-7-3-8-16-31)25-39(33-19-11-5-12-20-33)41(43)42-40(34-21-13-6-14-22-34)26-36-24-38(30(2)28-44(36)42)32-17-9-4-10-18-32/h3-28H,1-2H3. The van der Waals surface area contributed by atoms with Gasteiger partial charge in [0.2, 0.25) is 0 Å². The van der Waals surface area contributed by atoms with Gasteiger partial charge in [0.25, 0.3) is 0 Å². The van der Waals surface area contributed by atoms with Crippen LogP contribution in [0.25, 0.3) is 66.9 Å². The highest BCUT2D eigenvalue weighted by molar-refractivity contribution is 5.96. The first-order chi connectivity index (χ1) is 21.7. The molecule has 8 rings (SSSR count). The second kappa shape index (κ2) is 10.6. The van der Waals surface area contributed by atoms with E-state index in [2.05, 4.69) is 181 Å². The Labute approximate surface area is 258 Å². The first-order valence-electron chi connectivity index (χ1n) is 15.2. The van der Waals surface area contributed by atoms with Crippen LogP contribution < -0.4 is 0 Å². The molecule has 4 aromatic carbocycles. The molecule has 0 saturated carbocycles. The number of benzene rings is 4. The molecule has 0 spiro atoms. The Bertz CT molecular complexity index is 2090. The van der Waals surface area contributed by atoms with Crippen molar-refractivity contribution >= 4 is 11.0 Å². The Hall–Kier alpha value is -5.60. The third-order valence-corrected chi connectivity index (χ3v) is 8.78. The molecule has 2 heteroatoms. The Balaban J connectivity index is 1.48. The lowest BCUT2D eigenvalue weighted by atomic mass is 9.99. The zero-order valence-corrected chi connectivity index (χ0v) is 24.9. The number of nitrogens with zero attached hydrogens (tertiary/aromatic N) is 2. The van der Waals surface area contributed by atoms with Crippen molar-refractivity contribution in [1.29, 1.82) is 0 Å². The lowest BCUT2D eigenvalue weighted by molar-refractivity contribution is 1.12. The predicted molar refractivity (Wildman–Crippen MR) is 185 cm³/mol. The van der Waals surface area contributed by atoms with Gasteiger partial charge in [-0.2, -0.15) is 0 Å². The van der Waals surface area contributed by atoms with Crippen LogP contribution in [0.15, 0.2) is 158 Å². The van der Waals surface area contributed by atoms with Crippen molar-refractivity contribution in [2.75, 3.05) is 0 Å². The van der Waals surface area contributed by atoms with Crippen LogP contribution in [0.2, 0.25) is 0 Å². The van der Waals surface area contributed by atoms with E-state index < -0.39 is 0 Å². The molecule has 0 aliphatic heterocycles. The summed E-state index contributed by atoms with van der Waals surface area (Å²) < 4.78 is 4.80. The largest absolute Gasteiger partial charge is 0.314 e. The van der Waals surface area contributed by atoms with Gasteiger partial charge in [0.1, 0.15) is 0 Å². The molecule has 0 amide bonds. The Morgan fingerprint density at radius 3 is 0.932 bits per heavy atom. The van der Waals surface area contributed by atoms with Crippen molar-refractivity contribution in [3.05, 3.63) is 169 Å². The molecule has 0 atom stereocenters. The van der Waals surface area contributed by atoms with Gasteiger partial charge in [-0.15, -0.1) is 0 Å². The van der Waals surface area contributed by atoms with Crippen molar-refractivity contribution in [2.45, 2.75) is 13.8 Å². The molecule has 8 aromatic rings. The first kappa shape index (κ1) is 26.1. The normalized spacial score (nSPS) is 11.4. The molecule has 0 aliphatic rings. The van der Waals surface area contributed by atoms with Crippen LogP contribution in [0.1, 0.15) is 11.1 Å². The zero-order valence-electron chi connectivity index (χ0n) is 24.9. The first-order valence-corrected chi connectivity index (χ1v) is 15.2. The summed E-state index contributed by atoms with van der Waals surface area (Å²) in [5.74, 6) is 0. The summed E-state index contributed by atoms with van der Waals surface area (Å²) in [6, 6.07) is 52.4. The van der Waals surface area contributed by atoms with E-state index in [0.29, 0.717) is 0 Å². The average molecular weight is 565 g/mol. The molecule has 0 fully saturated rings. The molecule has 4 heterocycles. The van der Waals surface area contributed by atoms with Gasteiger partial charge in [-0.3, -0.25) is 0 Å². The highest BCUT2D eigenvalue weighted by Crippen LogP contribution is 2.43. The lowest BCUT2D eigenvalue weighted by Gasteiger charge is -2.15. The van der Waals surface area contributed by atoms with Crippen molar-refractivity contribution in [3.63, 3.8) is 0 Å². The van der Waals surface area contributed by atoms with E-state index in [1.165, 1.54) is 78.1 Å². The monoisotopic (exact) mass is 564 g/mol. The fraction of sp³-hybridized carbons (Fsp3) is 0.0476. The SMILES string of the molecule is Cc1cn2c(-c3c(-c4ccccc4)cc4cc(-c5ccccc5)c(C)cn34)c(-c3ccccc3)cc2cc1-c1ccccc1. The van der Waals surface area contributed by atoms with E-state index in [1.54, 1.807) is 0 Å². The Kier molecular flexibility index (Phi) is 6.27. The molecule has 0 bridgehead atoms. The van der Waals surface area contributed by atoms with E-state index in [0.717, 1.165) is 0 Å². The van der Waals surface area contributed by atoms with Gasteiger partial charge in [-0.1, -0.05) is 121 Å². The molecule has 0 saturated heterocycles. The second-order valence-electron chi connectivity index (χ2n) is 11.6. The molecule has 210 valence electrons. The minimum Gasteiger partial charge on any atom is -0.314 e. The van der Waals surface area contributed by atoms with E-state index in [-0.39, 0.29) is 0 Å². The molecular weight excluding hydrogens is 532 g/mol. The number of aromatic nitrogens is 2. The summed E-state index contributed by atoms with van der Waals surface area (Å²) in [6.45, 7) is 4.44. The molecular formula is C42H32N2. The maximum atomic E-state index is 2.40. The van der Waals surface area contributed by atoms with E-state index in [4.69, 9.17) is 0 Å². The molecule has 0 radical (unpaired) electrons. The van der Waals surface area contributed by atoms with Crippen molar-refractivity contribution < 1.29 is 0 Å². The van der Waals surface area contributed by atoms with Crippen LogP contribution in [0, 0.1) is 13.8 Å². The highest BCUT2D eigenvalue weighted by atomic mass is 15.0. The van der Waals surface area contributed by atoms with E-state index in [1.807, 2.05) is 0 Å². The number of hydrogen-bond acceptors (Lipinski definition) is 0. The summed E-state index contributed by atoms with van der Waals surface area (Å²) in [5, 5.41) is 0. The Morgan fingerprint density at radius 1 is 0.341 bits per heavy atom. The zero-order chi connectivity index (χ0) is 29.6. The summed E-state index contributed by atoms with van der Waals surface area (Å²) in [6.07, 6.45) is 4.64. The summed E-state index contributed by atoms with van der Waals surface area (Å²) >= 11 is 0. The quantitative estimate of drug-likeness (QED) is 0.197. The van der Waals surface area contributed by atoms with Gasteiger partial charge in [0.05, 0.1) is 11.4 Å². The lowest BCUT2D eigenvalue weighted by Crippen LogP contribution is -1.98. The number of fused-ring (bicyclic) bond motifs is 2. The molecule has 0 unspecified atom stereocenters. The van der Waals surface area contributed by atoms with Gasteiger partial charge in [0.15, 0.2) is 0 Å². The van der Waals surface area contributed by atoms with E-state index >= 15 is 0 Å². The predicted octanol–water partition coefficient (Wildman–Crippen LogP) is 11.1. The van der Waals surface area contributed by atoms with Crippen molar-refractivity contribution in [2.24, 2.45) is 0 Å². The van der Waals surface area contributed by atoms with Gasteiger partial charge in [-0.25, -0.2) is 0 Å². The van der Waals surface area contributed by atoms with Crippen LogP contribution in [-0.2, 0) is 0 Å². The number of aryl methyl sites for hydroxylation is 2. The van der Waals surface area contributed by atoms with Crippen molar-refractivity contribution in [1.82, 2.24) is 8.80 Å². The average Bonchev–Trinajstić information content (AvgIpc) is 3.62. The van der Waals surface area contributed by atoms with Crippen LogP contribution in [-0.4, -0.2) is 8.80 Å². The van der Waals surface area contributed by atoms with Gasteiger partial charge >= 0.3 is 0 Å². The maximum Gasteiger partial charge on any atom is 0.0783 e. The highest BCUT2D eigenvalue weighted by Gasteiger charge is 2.23. The van der Waals surface area contributed by atoms with Crippen LogP contribution in [0.4, 0.5) is 0 Å². The molecule has 0 N–H and O–H groups in total. The second-order valence-corrected chi connectivity index (χ2v) is 11.6. The fourth-order valence-corrected chi connectivity index (χ4v) is 6.66. The minimum absolute atomic E-state index is 1.18. The topological polar surface area (TPSA) is 8.82 Å². The maximum absolute atomic E-state index is 2.40. The van der Waals surface area contributed by atoms with Crippen LogP contribution >= 0.6 is 0 Å². The van der Waals surface area contributed by atoms with Crippen LogP contribution in [0.5, 0.6) is 0 Å². The number of pyridine rings is 2. The minimum atomic E-state index is 1.18.